The van der Waals surface area contributed by atoms with E-state index in [4.69, 9.17) is 17.4 Å². The number of unbranched alkanes of at least 4 members (excludes halogenated alkanes) is 16. The molecule has 2 nitrogen and oxygen atoms in total. The zero-order chi connectivity index (χ0) is 26.7. The molecular formula is C33H66O2S. The average Bonchev–Trinajstić information content (AvgIpc) is 2.82. The predicted octanol–water partition coefficient (Wildman–Crippen LogP) is 11.5. The van der Waals surface area contributed by atoms with Crippen molar-refractivity contribution in [1.29, 1.82) is 0 Å². The van der Waals surface area contributed by atoms with Crippen LogP contribution in [0.3, 0.4) is 0 Å². The molecule has 0 aliphatic heterocycles. The van der Waals surface area contributed by atoms with Gasteiger partial charge in [-0.3, -0.25) is 4.79 Å². The Hall–Kier alpha value is -0.180. The minimum Gasteiger partial charge on any atom is -0.466 e. The standard InChI is InChI=1S/C33H66O2S/c1-30(2)24-19-15-11-7-5-9-13-17-21-26-32(36)27-23-28-33(34)35-29-22-18-14-10-6-8-12-16-20-25-31(3)4/h30-32,36H,5-29H2,1-4H3. The van der Waals surface area contributed by atoms with Crippen molar-refractivity contribution >= 4 is 18.6 Å². The second-order valence-corrected chi connectivity index (χ2v) is 13.0. The lowest BCUT2D eigenvalue weighted by Crippen LogP contribution is -2.07. The lowest BCUT2D eigenvalue weighted by Gasteiger charge is -2.10. The molecule has 36 heavy (non-hydrogen) atoms. The van der Waals surface area contributed by atoms with Crippen LogP contribution in [0.5, 0.6) is 0 Å². The van der Waals surface area contributed by atoms with Crippen molar-refractivity contribution in [3.8, 4) is 0 Å². The monoisotopic (exact) mass is 526 g/mol. The molecule has 0 amide bonds. The minimum atomic E-state index is -0.0128. The number of thiol groups is 1. The van der Waals surface area contributed by atoms with E-state index in [-0.39, 0.29) is 5.97 Å². The maximum atomic E-state index is 12.0. The normalized spacial score (nSPS) is 12.5. The van der Waals surface area contributed by atoms with Gasteiger partial charge in [0.05, 0.1) is 6.61 Å². The second-order valence-electron chi connectivity index (χ2n) is 12.3. The summed E-state index contributed by atoms with van der Waals surface area (Å²) in [6, 6.07) is 0. The summed E-state index contributed by atoms with van der Waals surface area (Å²) in [6.45, 7) is 9.89. The van der Waals surface area contributed by atoms with Crippen molar-refractivity contribution < 1.29 is 9.53 Å². The predicted molar refractivity (Wildman–Crippen MR) is 164 cm³/mol. The van der Waals surface area contributed by atoms with Crippen LogP contribution in [0, 0.1) is 11.8 Å². The molecule has 1 atom stereocenters. The smallest absolute Gasteiger partial charge is 0.305 e. The van der Waals surface area contributed by atoms with Gasteiger partial charge in [-0.05, 0) is 37.5 Å². The number of carbonyl (C=O) groups excluding carboxylic acids is 1. The van der Waals surface area contributed by atoms with E-state index in [1.54, 1.807) is 0 Å². The van der Waals surface area contributed by atoms with Crippen molar-refractivity contribution in [2.45, 2.75) is 187 Å². The first-order valence-electron chi connectivity index (χ1n) is 16.3. The number of hydrogen-bond donors (Lipinski definition) is 1. The molecule has 3 heteroatoms. The van der Waals surface area contributed by atoms with Crippen LogP contribution in [-0.4, -0.2) is 17.8 Å². The van der Waals surface area contributed by atoms with Gasteiger partial charge in [-0.25, -0.2) is 0 Å². The fraction of sp³-hybridized carbons (Fsp3) is 0.970. The highest BCUT2D eigenvalue weighted by Gasteiger charge is 2.07. The van der Waals surface area contributed by atoms with Crippen molar-refractivity contribution in [3.63, 3.8) is 0 Å². The largest absolute Gasteiger partial charge is 0.466 e. The highest BCUT2D eigenvalue weighted by atomic mass is 32.1. The van der Waals surface area contributed by atoms with Crippen LogP contribution in [0.15, 0.2) is 0 Å². The zero-order valence-corrected chi connectivity index (χ0v) is 26.1. The molecule has 0 bridgehead atoms. The van der Waals surface area contributed by atoms with Crippen molar-refractivity contribution in [1.82, 2.24) is 0 Å². The van der Waals surface area contributed by atoms with E-state index in [0.717, 1.165) is 31.1 Å². The highest BCUT2D eigenvalue weighted by Crippen LogP contribution is 2.18. The molecule has 0 aromatic rings. The van der Waals surface area contributed by atoms with Gasteiger partial charge in [0.1, 0.15) is 0 Å². The van der Waals surface area contributed by atoms with Gasteiger partial charge in [0.25, 0.3) is 0 Å². The van der Waals surface area contributed by atoms with Crippen LogP contribution in [0.4, 0.5) is 0 Å². The Morgan fingerprint density at radius 1 is 0.500 bits per heavy atom. The summed E-state index contributed by atoms with van der Waals surface area (Å²) in [6.07, 6.45) is 30.7. The van der Waals surface area contributed by atoms with Crippen LogP contribution in [0.25, 0.3) is 0 Å². The van der Waals surface area contributed by atoms with Gasteiger partial charge in [0.15, 0.2) is 0 Å². The second kappa shape index (κ2) is 27.8. The van der Waals surface area contributed by atoms with Crippen LogP contribution in [-0.2, 0) is 9.53 Å². The summed E-state index contributed by atoms with van der Waals surface area (Å²) in [7, 11) is 0. The third-order valence-electron chi connectivity index (χ3n) is 7.43. The van der Waals surface area contributed by atoms with Crippen molar-refractivity contribution in [2.24, 2.45) is 11.8 Å². The maximum Gasteiger partial charge on any atom is 0.305 e. The molecule has 0 aromatic heterocycles. The van der Waals surface area contributed by atoms with Gasteiger partial charge in [-0.2, -0.15) is 12.6 Å². The molecule has 0 saturated heterocycles. The first kappa shape index (κ1) is 35.8. The summed E-state index contributed by atoms with van der Waals surface area (Å²) in [5, 5.41) is 0.439. The Morgan fingerprint density at radius 3 is 1.25 bits per heavy atom. The number of rotatable bonds is 28. The molecule has 0 spiro atoms. The quantitative estimate of drug-likeness (QED) is 0.0623. The lowest BCUT2D eigenvalue weighted by atomic mass is 10.0. The Balaban J connectivity index is 3.30. The fourth-order valence-electron chi connectivity index (χ4n) is 4.95. The van der Waals surface area contributed by atoms with Gasteiger partial charge in [-0.15, -0.1) is 0 Å². The van der Waals surface area contributed by atoms with Gasteiger partial charge in [0.2, 0.25) is 0 Å². The number of carbonyl (C=O) groups is 1. The Morgan fingerprint density at radius 2 is 0.833 bits per heavy atom. The number of esters is 1. The molecule has 0 radical (unpaired) electrons. The molecule has 0 heterocycles. The van der Waals surface area contributed by atoms with Crippen LogP contribution < -0.4 is 0 Å². The third kappa shape index (κ3) is 30.0. The molecular weight excluding hydrogens is 460 g/mol. The number of hydrogen-bond acceptors (Lipinski definition) is 3. The van der Waals surface area contributed by atoms with E-state index in [1.165, 1.54) is 128 Å². The van der Waals surface area contributed by atoms with Gasteiger partial charge in [0, 0.05) is 11.7 Å². The SMILES string of the molecule is CC(C)CCCCCCCCCCCOC(=O)CCCC(S)CCCCCCCCCCCC(C)C. The van der Waals surface area contributed by atoms with E-state index >= 15 is 0 Å². The van der Waals surface area contributed by atoms with E-state index in [2.05, 4.69) is 27.7 Å². The molecule has 0 fully saturated rings. The highest BCUT2D eigenvalue weighted by molar-refractivity contribution is 7.80. The Bertz CT molecular complexity index is 449. The van der Waals surface area contributed by atoms with E-state index < -0.39 is 0 Å². The molecule has 0 N–H and O–H groups in total. The summed E-state index contributed by atoms with van der Waals surface area (Å²) in [5.74, 6) is 1.71. The van der Waals surface area contributed by atoms with Gasteiger partial charge >= 0.3 is 5.97 Å². The van der Waals surface area contributed by atoms with Gasteiger partial charge < -0.3 is 4.74 Å². The first-order valence-corrected chi connectivity index (χ1v) is 16.8. The summed E-state index contributed by atoms with van der Waals surface area (Å²) < 4.78 is 5.43. The van der Waals surface area contributed by atoms with Crippen LogP contribution >= 0.6 is 12.6 Å². The van der Waals surface area contributed by atoms with E-state index in [0.29, 0.717) is 18.3 Å². The minimum absolute atomic E-state index is 0.0128. The third-order valence-corrected chi connectivity index (χ3v) is 7.94. The average molecular weight is 527 g/mol. The molecule has 0 aliphatic carbocycles. The van der Waals surface area contributed by atoms with E-state index in [9.17, 15) is 4.79 Å². The summed E-state index contributed by atoms with van der Waals surface area (Å²) in [5.41, 5.74) is 0. The van der Waals surface area contributed by atoms with E-state index in [1.807, 2.05) is 0 Å². The number of ether oxygens (including phenoxy) is 1. The van der Waals surface area contributed by atoms with Gasteiger partial charge in [-0.1, -0.05) is 150 Å². The Labute approximate surface area is 233 Å². The zero-order valence-electron chi connectivity index (χ0n) is 25.2. The molecule has 1 unspecified atom stereocenters. The maximum absolute atomic E-state index is 12.0. The molecule has 0 aliphatic rings. The van der Waals surface area contributed by atoms with Crippen LogP contribution in [0.2, 0.25) is 0 Å². The van der Waals surface area contributed by atoms with Crippen LogP contribution in [0.1, 0.15) is 182 Å². The summed E-state index contributed by atoms with van der Waals surface area (Å²) in [4.78, 5) is 12.0. The molecule has 0 aromatic carbocycles. The summed E-state index contributed by atoms with van der Waals surface area (Å²) >= 11 is 4.74. The van der Waals surface area contributed by atoms with Crippen molar-refractivity contribution in [3.05, 3.63) is 0 Å². The fourth-order valence-corrected chi connectivity index (χ4v) is 5.31. The van der Waals surface area contributed by atoms with Crippen molar-refractivity contribution in [2.75, 3.05) is 6.61 Å². The molecule has 0 rings (SSSR count). The topological polar surface area (TPSA) is 26.3 Å². The molecule has 0 saturated carbocycles. The molecule has 216 valence electrons. The first-order chi connectivity index (χ1) is 17.4. The lowest BCUT2D eigenvalue weighted by molar-refractivity contribution is -0.143. The Kier molecular flexibility index (Phi) is 27.7.